The molecule has 1 aliphatic carbocycles. The zero-order valence-corrected chi connectivity index (χ0v) is 17.6. The summed E-state index contributed by atoms with van der Waals surface area (Å²) in [5.74, 6) is -0.252. The van der Waals surface area contributed by atoms with Crippen LogP contribution in [0, 0.1) is 12.8 Å². The molecule has 2 aromatic carbocycles. The van der Waals surface area contributed by atoms with Crippen LogP contribution in [0.3, 0.4) is 0 Å². The van der Waals surface area contributed by atoms with Gasteiger partial charge in [0.25, 0.3) is 5.91 Å². The minimum absolute atomic E-state index is 0.00975. The Morgan fingerprint density at radius 3 is 2.53 bits per heavy atom. The normalized spacial score (nSPS) is 22.6. The van der Waals surface area contributed by atoms with E-state index in [0.29, 0.717) is 12.1 Å². The minimum atomic E-state index is -0.290. The van der Waals surface area contributed by atoms with Crippen LogP contribution in [-0.4, -0.2) is 60.2 Å². The Kier molecular flexibility index (Phi) is 5.33. The van der Waals surface area contributed by atoms with Gasteiger partial charge >= 0.3 is 0 Å². The smallest absolute Gasteiger partial charge is 0.254 e. The summed E-state index contributed by atoms with van der Waals surface area (Å²) in [5, 5.41) is 5.09. The Balaban J connectivity index is 1.52. The molecule has 1 N–H and O–H groups in total. The van der Waals surface area contributed by atoms with Crippen molar-refractivity contribution in [2.45, 2.75) is 31.8 Å². The fraction of sp³-hybridized carbons (Fsp3) is 0.375. The number of carbonyl (C=O) groups excluding carboxylic acids is 3. The summed E-state index contributed by atoms with van der Waals surface area (Å²) in [4.78, 5) is 40.8. The predicted molar refractivity (Wildman–Crippen MR) is 116 cm³/mol. The van der Waals surface area contributed by atoms with Crippen molar-refractivity contribution >= 4 is 28.5 Å². The van der Waals surface area contributed by atoms with Gasteiger partial charge in [-0.2, -0.15) is 0 Å². The molecule has 3 atom stereocenters. The Morgan fingerprint density at radius 2 is 1.77 bits per heavy atom. The number of hydrogen-bond acceptors (Lipinski definition) is 3. The quantitative estimate of drug-likeness (QED) is 0.795. The van der Waals surface area contributed by atoms with Gasteiger partial charge in [0.1, 0.15) is 0 Å². The molecule has 1 saturated carbocycles. The van der Waals surface area contributed by atoms with E-state index < -0.39 is 0 Å². The lowest BCUT2D eigenvalue weighted by atomic mass is 9.99. The van der Waals surface area contributed by atoms with Crippen molar-refractivity contribution in [3.8, 4) is 0 Å². The first-order valence-electron chi connectivity index (χ1n) is 10.4. The van der Waals surface area contributed by atoms with Crippen LogP contribution in [0.4, 0.5) is 0 Å². The van der Waals surface area contributed by atoms with Gasteiger partial charge in [0, 0.05) is 38.4 Å². The number of hydrogen-bond donors (Lipinski definition) is 1. The summed E-state index contributed by atoms with van der Waals surface area (Å²) in [5.41, 5.74) is 1.86. The van der Waals surface area contributed by atoms with Crippen molar-refractivity contribution < 1.29 is 14.4 Å². The molecular formula is C24H27N3O3. The summed E-state index contributed by atoms with van der Waals surface area (Å²) in [6.07, 6.45) is 4.42. The van der Waals surface area contributed by atoms with Crippen molar-refractivity contribution in [2.24, 2.45) is 5.92 Å². The second-order valence-corrected chi connectivity index (χ2v) is 8.44. The highest BCUT2D eigenvalue weighted by molar-refractivity contribution is 6.08. The first-order chi connectivity index (χ1) is 14.4. The summed E-state index contributed by atoms with van der Waals surface area (Å²) in [6.45, 7) is 2.70. The molecular weight excluding hydrogens is 378 g/mol. The highest BCUT2D eigenvalue weighted by Crippen LogP contribution is 2.39. The molecule has 1 heterocycles. The molecule has 6 heteroatoms. The number of rotatable bonds is 4. The van der Waals surface area contributed by atoms with Crippen LogP contribution in [0.15, 0.2) is 48.6 Å². The van der Waals surface area contributed by atoms with E-state index in [4.69, 9.17) is 0 Å². The third kappa shape index (κ3) is 3.58. The molecule has 1 aliphatic heterocycles. The van der Waals surface area contributed by atoms with Crippen molar-refractivity contribution in [3.63, 3.8) is 0 Å². The van der Waals surface area contributed by atoms with E-state index in [0.717, 1.165) is 29.2 Å². The molecule has 0 spiro atoms. The van der Waals surface area contributed by atoms with Crippen LogP contribution < -0.4 is 5.32 Å². The van der Waals surface area contributed by atoms with Crippen LogP contribution in [0.5, 0.6) is 0 Å². The van der Waals surface area contributed by atoms with Crippen LogP contribution in [-0.2, 0) is 9.59 Å². The summed E-state index contributed by atoms with van der Waals surface area (Å²) >= 11 is 0. The van der Waals surface area contributed by atoms with Gasteiger partial charge in [-0.1, -0.05) is 30.3 Å². The standard InChI is InChI=1S/C24H27N3O3/c1-15-6-4-8-18-17(15)7-5-9-19(18)24(30)27-14-16-10-11-20(27)23(16)25-21(28)12-13-22(29)26(2)3/h4-9,12-13,16,20,23H,10-11,14H2,1-3H3,(H,25,28)/b13-12+/t16-,20-,23-/m1/s1. The monoisotopic (exact) mass is 405 g/mol. The van der Waals surface area contributed by atoms with Gasteiger partial charge in [-0.15, -0.1) is 0 Å². The topological polar surface area (TPSA) is 69.7 Å². The zero-order chi connectivity index (χ0) is 21.4. The molecule has 0 aromatic heterocycles. The average molecular weight is 405 g/mol. The highest BCUT2D eigenvalue weighted by Gasteiger charge is 2.49. The molecule has 2 fully saturated rings. The number of benzene rings is 2. The molecule has 3 amide bonds. The van der Waals surface area contributed by atoms with Crippen LogP contribution >= 0.6 is 0 Å². The predicted octanol–water partition coefficient (Wildman–Crippen LogP) is 2.51. The number of piperidine rings is 1. The fourth-order valence-electron chi connectivity index (χ4n) is 4.76. The van der Waals surface area contributed by atoms with Gasteiger partial charge in [-0.25, -0.2) is 0 Å². The Bertz CT molecular complexity index is 1040. The molecule has 30 heavy (non-hydrogen) atoms. The molecule has 2 bridgehead atoms. The van der Waals surface area contributed by atoms with Gasteiger partial charge in [0.05, 0.1) is 12.1 Å². The van der Waals surface area contributed by atoms with Crippen molar-refractivity contribution in [2.75, 3.05) is 20.6 Å². The maximum Gasteiger partial charge on any atom is 0.254 e. The molecule has 156 valence electrons. The second-order valence-electron chi connectivity index (χ2n) is 8.44. The number of likely N-dealkylation sites (tertiary alicyclic amines) is 1. The number of carbonyl (C=O) groups is 3. The van der Waals surface area contributed by atoms with Crippen molar-refractivity contribution in [3.05, 3.63) is 59.7 Å². The van der Waals surface area contributed by atoms with E-state index in [9.17, 15) is 14.4 Å². The zero-order valence-electron chi connectivity index (χ0n) is 17.6. The molecule has 6 nitrogen and oxygen atoms in total. The molecule has 4 rings (SSSR count). The Hall–Kier alpha value is -3.15. The van der Waals surface area contributed by atoms with E-state index in [1.54, 1.807) is 14.1 Å². The first-order valence-corrected chi connectivity index (χ1v) is 10.4. The third-order valence-electron chi connectivity index (χ3n) is 6.35. The maximum atomic E-state index is 13.4. The summed E-state index contributed by atoms with van der Waals surface area (Å²) in [7, 11) is 3.28. The molecule has 2 aromatic rings. The Morgan fingerprint density at radius 1 is 1.03 bits per heavy atom. The van der Waals surface area contributed by atoms with E-state index in [1.807, 2.05) is 35.2 Å². The molecule has 1 saturated heterocycles. The van der Waals surface area contributed by atoms with Crippen LogP contribution in [0.2, 0.25) is 0 Å². The third-order valence-corrected chi connectivity index (χ3v) is 6.35. The number of nitrogens with one attached hydrogen (secondary N) is 1. The summed E-state index contributed by atoms with van der Waals surface area (Å²) < 4.78 is 0. The van der Waals surface area contributed by atoms with Gasteiger partial charge in [-0.3, -0.25) is 14.4 Å². The number of aryl methyl sites for hydroxylation is 1. The number of nitrogens with zero attached hydrogens (tertiary/aromatic N) is 2. The number of amides is 3. The first kappa shape index (κ1) is 20.1. The van der Waals surface area contributed by atoms with Gasteiger partial charge in [0.2, 0.25) is 11.8 Å². The second kappa shape index (κ2) is 7.94. The van der Waals surface area contributed by atoms with Crippen LogP contribution in [0.25, 0.3) is 10.8 Å². The lowest BCUT2D eigenvalue weighted by molar-refractivity contribution is -0.124. The van der Waals surface area contributed by atoms with Gasteiger partial charge in [-0.05, 0) is 48.1 Å². The Labute approximate surface area is 176 Å². The molecule has 0 radical (unpaired) electrons. The summed E-state index contributed by atoms with van der Waals surface area (Å²) in [6, 6.07) is 11.8. The lowest BCUT2D eigenvalue weighted by Gasteiger charge is -2.28. The van der Waals surface area contributed by atoms with E-state index in [2.05, 4.69) is 18.3 Å². The van der Waals surface area contributed by atoms with E-state index in [-0.39, 0.29) is 35.7 Å². The average Bonchev–Trinajstić information content (AvgIpc) is 3.28. The molecule has 0 unspecified atom stereocenters. The van der Waals surface area contributed by atoms with Gasteiger partial charge in [0.15, 0.2) is 0 Å². The lowest BCUT2D eigenvalue weighted by Crippen LogP contribution is -2.45. The fourth-order valence-corrected chi connectivity index (χ4v) is 4.76. The SMILES string of the molecule is Cc1cccc2c(C(=O)N3C[C@H]4CC[C@@H]3[C@@H]4NC(=O)/C=C/C(=O)N(C)C)cccc12. The van der Waals surface area contributed by atoms with E-state index >= 15 is 0 Å². The minimum Gasteiger partial charge on any atom is -0.347 e. The number of likely N-dealkylation sites (N-methyl/N-ethyl adjacent to an activating group) is 1. The van der Waals surface area contributed by atoms with Crippen LogP contribution in [0.1, 0.15) is 28.8 Å². The van der Waals surface area contributed by atoms with Crippen molar-refractivity contribution in [1.82, 2.24) is 15.1 Å². The highest BCUT2D eigenvalue weighted by atomic mass is 16.2. The van der Waals surface area contributed by atoms with Crippen molar-refractivity contribution in [1.29, 1.82) is 0 Å². The maximum absolute atomic E-state index is 13.4. The molecule has 2 aliphatic rings. The van der Waals surface area contributed by atoms with Gasteiger partial charge < -0.3 is 15.1 Å². The van der Waals surface area contributed by atoms with E-state index in [1.165, 1.54) is 17.1 Å². The largest absolute Gasteiger partial charge is 0.347 e. The number of fused-ring (bicyclic) bond motifs is 3.